The topological polar surface area (TPSA) is 121 Å². The summed E-state index contributed by atoms with van der Waals surface area (Å²) in [6, 6.07) is 11.2. The minimum atomic E-state index is -3.70. The number of aliphatic hydroxyl groups is 1. The second kappa shape index (κ2) is 7.51. The molecule has 0 atom stereocenters. The Bertz CT molecular complexity index is 1200. The molecule has 1 aromatic heterocycles. The van der Waals surface area contributed by atoms with Gasteiger partial charge in [-0.3, -0.25) is 4.79 Å². The number of H-pyrrole nitrogens is 1. The highest BCUT2D eigenvalue weighted by molar-refractivity contribution is 7.86. The van der Waals surface area contributed by atoms with Crippen molar-refractivity contribution in [1.29, 1.82) is 0 Å². The van der Waals surface area contributed by atoms with E-state index in [1.807, 2.05) is 24.3 Å². The van der Waals surface area contributed by atoms with Gasteiger partial charge in [0.15, 0.2) is 0 Å². The molecule has 4 rings (SSSR count). The molecule has 9 heteroatoms. The highest BCUT2D eigenvalue weighted by atomic mass is 32.2. The number of hydrogen-bond donors (Lipinski definition) is 4. The third kappa shape index (κ3) is 3.98. The van der Waals surface area contributed by atoms with Crippen molar-refractivity contribution < 1.29 is 22.5 Å². The molecule has 0 aliphatic carbocycles. The van der Waals surface area contributed by atoms with Gasteiger partial charge in [-0.15, -0.1) is 0 Å². The average Bonchev–Trinajstić information content (AvgIpc) is 3.25. The summed E-state index contributed by atoms with van der Waals surface area (Å²) in [6.45, 7) is 1.47. The zero-order valence-corrected chi connectivity index (χ0v) is 16.6. The molecule has 4 N–H and O–H groups in total. The van der Waals surface area contributed by atoms with Crippen molar-refractivity contribution in [2.75, 3.05) is 19.4 Å². The fourth-order valence-electron chi connectivity index (χ4n) is 3.54. The fraction of sp³-hybridized carbons (Fsp3) is 0.250. The van der Waals surface area contributed by atoms with Crippen LogP contribution in [-0.2, 0) is 23.2 Å². The Hall–Kier alpha value is -2.88. The van der Waals surface area contributed by atoms with Crippen molar-refractivity contribution in [1.82, 2.24) is 15.6 Å². The molecule has 8 nitrogen and oxygen atoms in total. The quantitative estimate of drug-likeness (QED) is 0.343. The first kappa shape index (κ1) is 19.4. The van der Waals surface area contributed by atoms with Gasteiger partial charge in [0.05, 0.1) is 18.4 Å². The molecule has 0 bridgehead atoms. The number of rotatable bonds is 7. The third-order valence-corrected chi connectivity index (χ3v) is 5.24. The van der Waals surface area contributed by atoms with E-state index in [-0.39, 0.29) is 24.8 Å². The fourth-order valence-corrected chi connectivity index (χ4v) is 4.02. The molecule has 1 amide bonds. The molecule has 0 saturated heterocycles. The largest absolute Gasteiger partial charge is 0.395 e. The lowest BCUT2D eigenvalue weighted by molar-refractivity contribution is 0.0966. The summed E-state index contributed by atoms with van der Waals surface area (Å²) in [7, 11) is -3.70. The van der Waals surface area contributed by atoms with Crippen LogP contribution in [0.3, 0.4) is 0 Å². The number of aromatic nitrogens is 1. The Morgan fingerprint density at radius 1 is 1.21 bits per heavy atom. The molecule has 3 aromatic rings. The van der Waals surface area contributed by atoms with Gasteiger partial charge < -0.3 is 24.9 Å². The molecule has 0 saturated carbocycles. The van der Waals surface area contributed by atoms with Crippen molar-refractivity contribution in [3.63, 3.8) is 0 Å². The van der Waals surface area contributed by atoms with Crippen LogP contribution >= 0.6 is 0 Å². The number of aromatic amines is 1. The van der Waals surface area contributed by atoms with E-state index in [4.69, 9.17) is 9.29 Å². The van der Waals surface area contributed by atoms with Crippen LogP contribution in [0.5, 0.6) is 5.75 Å². The molecule has 29 heavy (non-hydrogen) atoms. The second-order valence-electron chi connectivity index (χ2n) is 6.94. The van der Waals surface area contributed by atoms with Gasteiger partial charge in [-0.25, -0.2) is 0 Å². The number of hydrogen-bond acceptors (Lipinski definition) is 6. The summed E-state index contributed by atoms with van der Waals surface area (Å²) in [4.78, 5) is 15.8. The Morgan fingerprint density at radius 2 is 2.03 bits per heavy atom. The van der Waals surface area contributed by atoms with E-state index in [1.54, 1.807) is 12.1 Å². The van der Waals surface area contributed by atoms with Gasteiger partial charge in [-0.1, -0.05) is 6.07 Å². The van der Waals surface area contributed by atoms with Crippen molar-refractivity contribution in [3.8, 4) is 17.0 Å². The van der Waals surface area contributed by atoms with Crippen molar-refractivity contribution in [3.05, 3.63) is 53.1 Å². The number of carbonyl (C=O) groups is 1. The van der Waals surface area contributed by atoms with Gasteiger partial charge in [-0.05, 0) is 35.9 Å². The lowest BCUT2D eigenvalue weighted by Crippen LogP contribution is -2.17. The summed E-state index contributed by atoms with van der Waals surface area (Å²) in [5.74, 6) is -0.0977. The molecular formula is C20H21N3O5S. The molecule has 2 aromatic carbocycles. The number of benzene rings is 2. The standard InChI is InChI=1S/C20H21N3O5S/c1-29(26,27)28-18-5-3-14(19-15(18)11-22-20(19)25)17-9-13-8-12(10-21-6-7-24)2-4-16(13)23-17/h2-5,8-9,21,23-24H,6-7,10-11H2,1H3,(H,22,25). The monoisotopic (exact) mass is 415 g/mol. The number of aliphatic hydroxyl groups excluding tert-OH is 1. The Labute approximate surface area is 168 Å². The number of fused-ring (bicyclic) bond motifs is 2. The maximum atomic E-state index is 12.4. The molecule has 1 aliphatic rings. The van der Waals surface area contributed by atoms with E-state index >= 15 is 0 Å². The Kier molecular flexibility index (Phi) is 5.03. The first-order valence-corrected chi connectivity index (χ1v) is 10.9. The summed E-state index contributed by atoms with van der Waals surface area (Å²) in [6.07, 6.45) is 0.974. The van der Waals surface area contributed by atoms with Crippen LogP contribution in [0.2, 0.25) is 0 Å². The van der Waals surface area contributed by atoms with E-state index in [1.165, 1.54) is 0 Å². The maximum Gasteiger partial charge on any atom is 0.306 e. The molecule has 0 spiro atoms. The predicted octanol–water partition coefficient (Wildman–Crippen LogP) is 1.50. The summed E-state index contributed by atoms with van der Waals surface area (Å²) in [5, 5.41) is 15.8. The van der Waals surface area contributed by atoms with Crippen LogP contribution in [-0.4, -0.2) is 43.8 Å². The van der Waals surface area contributed by atoms with Gasteiger partial charge >= 0.3 is 10.1 Å². The summed E-state index contributed by atoms with van der Waals surface area (Å²) in [5.41, 5.74) is 4.41. The Morgan fingerprint density at radius 3 is 2.79 bits per heavy atom. The first-order chi connectivity index (χ1) is 13.9. The number of amides is 1. The lowest BCUT2D eigenvalue weighted by atomic mass is 9.99. The molecular weight excluding hydrogens is 394 g/mol. The third-order valence-electron chi connectivity index (χ3n) is 4.76. The molecule has 2 heterocycles. The minimum absolute atomic E-state index is 0.0861. The highest BCUT2D eigenvalue weighted by Crippen LogP contribution is 2.36. The van der Waals surface area contributed by atoms with Gasteiger partial charge in [-0.2, -0.15) is 8.42 Å². The van der Waals surface area contributed by atoms with E-state index < -0.39 is 10.1 Å². The number of nitrogens with one attached hydrogen (secondary N) is 3. The van der Waals surface area contributed by atoms with E-state index in [2.05, 4.69) is 15.6 Å². The van der Waals surface area contributed by atoms with Crippen LogP contribution in [0.25, 0.3) is 22.2 Å². The summed E-state index contributed by atoms with van der Waals surface area (Å²) < 4.78 is 28.1. The van der Waals surface area contributed by atoms with Crippen molar-refractivity contribution >= 4 is 26.9 Å². The van der Waals surface area contributed by atoms with Gasteiger partial charge in [0.2, 0.25) is 0 Å². The normalized spacial score (nSPS) is 13.5. The summed E-state index contributed by atoms with van der Waals surface area (Å²) >= 11 is 0. The van der Waals surface area contributed by atoms with Gasteiger partial charge in [0.1, 0.15) is 5.75 Å². The molecule has 1 aliphatic heterocycles. The average molecular weight is 415 g/mol. The Balaban J connectivity index is 1.74. The molecule has 152 valence electrons. The van der Waals surface area contributed by atoms with Crippen molar-refractivity contribution in [2.45, 2.75) is 13.1 Å². The lowest BCUT2D eigenvalue weighted by Gasteiger charge is -2.10. The van der Waals surface area contributed by atoms with Gasteiger partial charge in [0.25, 0.3) is 5.91 Å². The smallest absolute Gasteiger partial charge is 0.306 e. The van der Waals surface area contributed by atoms with Crippen LogP contribution in [0.1, 0.15) is 21.5 Å². The van der Waals surface area contributed by atoms with Crippen LogP contribution in [0.15, 0.2) is 36.4 Å². The SMILES string of the molecule is CS(=O)(=O)Oc1ccc(-c2cc3cc(CNCCO)ccc3[nH]2)c2c1CNC2=O. The zero-order chi connectivity index (χ0) is 20.6. The second-order valence-corrected chi connectivity index (χ2v) is 8.51. The van der Waals surface area contributed by atoms with Crippen LogP contribution in [0.4, 0.5) is 0 Å². The zero-order valence-electron chi connectivity index (χ0n) is 15.8. The van der Waals surface area contributed by atoms with Crippen LogP contribution < -0.4 is 14.8 Å². The molecule has 0 unspecified atom stereocenters. The van der Waals surface area contributed by atoms with E-state index in [0.717, 1.165) is 28.4 Å². The molecule has 0 fully saturated rings. The van der Waals surface area contributed by atoms with E-state index in [0.29, 0.717) is 29.8 Å². The molecule has 0 radical (unpaired) electrons. The van der Waals surface area contributed by atoms with Gasteiger partial charge in [0, 0.05) is 47.4 Å². The maximum absolute atomic E-state index is 12.4. The predicted molar refractivity (Wildman–Crippen MR) is 109 cm³/mol. The highest BCUT2D eigenvalue weighted by Gasteiger charge is 2.28. The number of carbonyl (C=O) groups excluding carboxylic acids is 1. The van der Waals surface area contributed by atoms with E-state index in [9.17, 15) is 13.2 Å². The minimum Gasteiger partial charge on any atom is -0.395 e. The van der Waals surface area contributed by atoms with Crippen molar-refractivity contribution in [2.24, 2.45) is 0 Å². The first-order valence-electron chi connectivity index (χ1n) is 9.13. The van der Waals surface area contributed by atoms with Crippen LogP contribution in [0, 0.1) is 0 Å².